The number of benzene rings is 1. The summed E-state index contributed by atoms with van der Waals surface area (Å²) in [6.45, 7) is 1.97. The van der Waals surface area contributed by atoms with Crippen molar-refractivity contribution in [2.45, 2.75) is 6.92 Å². The Morgan fingerprint density at radius 3 is 2.67 bits per heavy atom. The quantitative estimate of drug-likeness (QED) is 0.706. The number of hydrogen-bond donors (Lipinski definition) is 1. The number of hydrogen-bond acceptors (Lipinski definition) is 2. The number of nitrogens with one attached hydrogen (secondary N) is 1. The number of pyridine rings is 2. The van der Waals surface area contributed by atoms with Crippen LogP contribution in [0.5, 0.6) is 0 Å². The lowest BCUT2D eigenvalue weighted by Gasteiger charge is -2.06. The Morgan fingerprint density at radius 2 is 1.89 bits per heavy atom. The average Bonchev–Trinajstić information content (AvgIpc) is 2.40. The highest BCUT2D eigenvalue weighted by Gasteiger charge is 2.07. The zero-order chi connectivity index (χ0) is 12.5. The molecule has 0 aliphatic rings. The van der Waals surface area contributed by atoms with Crippen LogP contribution < -0.4 is 5.56 Å². The second-order valence-electron chi connectivity index (χ2n) is 4.26. The lowest BCUT2D eigenvalue weighted by atomic mass is 10.1. The number of H-pyrrole nitrogens is 1. The predicted octanol–water partition coefficient (Wildman–Crippen LogP) is 2.90. The molecular formula is C15H12N2O. The van der Waals surface area contributed by atoms with Crippen LogP contribution >= 0.6 is 0 Å². The van der Waals surface area contributed by atoms with Gasteiger partial charge in [-0.15, -0.1) is 0 Å². The lowest BCUT2D eigenvalue weighted by molar-refractivity contribution is 1.24. The minimum absolute atomic E-state index is 0.0947. The number of aromatic nitrogens is 2. The van der Waals surface area contributed by atoms with Crippen LogP contribution in [0.15, 0.2) is 53.5 Å². The molecule has 2 heterocycles. The van der Waals surface area contributed by atoms with Crippen molar-refractivity contribution in [3.05, 3.63) is 64.6 Å². The molecule has 0 saturated carbocycles. The van der Waals surface area contributed by atoms with Crippen LogP contribution in [-0.2, 0) is 0 Å². The van der Waals surface area contributed by atoms with Crippen LogP contribution in [0.2, 0.25) is 0 Å². The van der Waals surface area contributed by atoms with Gasteiger partial charge in [0.05, 0.1) is 16.6 Å². The molecule has 3 heteroatoms. The van der Waals surface area contributed by atoms with Crippen molar-refractivity contribution in [1.82, 2.24) is 9.97 Å². The normalized spacial score (nSPS) is 10.7. The third kappa shape index (κ3) is 1.70. The molecule has 0 radical (unpaired) electrons. The van der Waals surface area contributed by atoms with E-state index < -0.39 is 0 Å². The largest absolute Gasteiger partial charge is 0.328 e. The standard InChI is InChI=1S/C15H12N2O/c1-10-9-12-13(7-8-16-15(12)18)17-14(10)11-5-3-2-4-6-11/h2-9H,1H3,(H,16,18). The summed E-state index contributed by atoms with van der Waals surface area (Å²) in [6.07, 6.45) is 1.63. The van der Waals surface area contributed by atoms with E-state index in [0.29, 0.717) is 5.39 Å². The van der Waals surface area contributed by atoms with Gasteiger partial charge in [-0.25, -0.2) is 4.98 Å². The average molecular weight is 236 g/mol. The van der Waals surface area contributed by atoms with E-state index in [-0.39, 0.29) is 5.56 Å². The maximum Gasteiger partial charge on any atom is 0.257 e. The van der Waals surface area contributed by atoms with Gasteiger partial charge in [-0.05, 0) is 24.6 Å². The molecule has 3 aromatic rings. The number of aromatic amines is 1. The molecule has 1 aromatic carbocycles. The minimum Gasteiger partial charge on any atom is -0.328 e. The van der Waals surface area contributed by atoms with Crippen molar-refractivity contribution >= 4 is 10.9 Å². The number of nitrogens with zero attached hydrogens (tertiary/aromatic N) is 1. The Kier molecular flexibility index (Phi) is 2.45. The van der Waals surface area contributed by atoms with Crippen molar-refractivity contribution in [3.8, 4) is 11.3 Å². The van der Waals surface area contributed by atoms with E-state index >= 15 is 0 Å². The van der Waals surface area contributed by atoms with E-state index in [9.17, 15) is 4.79 Å². The zero-order valence-electron chi connectivity index (χ0n) is 9.97. The molecule has 0 unspecified atom stereocenters. The Balaban J connectivity index is 2.33. The van der Waals surface area contributed by atoms with Gasteiger partial charge in [-0.2, -0.15) is 0 Å². The fraction of sp³-hybridized carbons (Fsp3) is 0.0667. The van der Waals surface area contributed by atoms with E-state index in [1.165, 1.54) is 0 Å². The first-order valence-electron chi connectivity index (χ1n) is 5.80. The summed E-state index contributed by atoms with van der Waals surface area (Å²) in [6, 6.07) is 13.7. The Labute approximate surface area is 104 Å². The number of rotatable bonds is 1. The highest BCUT2D eigenvalue weighted by Crippen LogP contribution is 2.23. The Morgan fingerprint density at radius 1 is 1.11 bits per heavy atom. The third-order valence-corrected chi connectivity index (χ3v) is 2.99. The van der Waals surface area contributed by atoms with E-state index in [4.69, 9.17) is 0 Å². The maximum atomic E-state index is 11.7. The molecule has 0 bridgehead atoms. The summed E-state index contributed by atoms with van der Waals surface area (Å²) < 4.78 is 0. The van der Waals surface area contributed by atoms with Crippen molar-refractivity contribution in [1.29, 1.82) is 0 Å². The molecule has 3 nitrogen and oxygen atoms in total. The molecule has 88 valence electrons. The topological polar surface area (TPSA) is 45.8 Å². The Bertz CT molecular complexity index is 760. The maximum absolute atomic E-state index is 11.7. The second-order valence-corrected chi connectivity index (χ2v) is 4.26. The van der Waals surface area contributed by atoms with Crippen LogP contribution in [0.25, 0.3) is 22.2 Å². The van der Waals surface area contributed by atoms with E-state index in [1.807, 2.05) is 49.4 Å². The molecule has 1 N–H and O–H groups in total. The lowest BCUT2D eigenvalue weighted by Crippen LogP contribution is -2.06. The van der Waals surface area contributed by atoms with Gasteiger partial charge in [0.1, 0.15) is 0 Å². The van der Waals surface area contributed by atoms with Gasteiger partial charge in [0.25, 0.3) is 5.56 Å². The highest BCUT2D eigenvalue weighted by molar-refractivity contribution is 5.82. The summed E-state index contributed by atoms with van der Waals surface area (Å²) in [4.78, 5) is 18.9. The fourth-order valence-corrected chi connectivity index (χ4v) is 2.10. The molecule has 0 atom stereocenters. The molecule has 0 fully saturated rings. The van der Waals surface area contributed by atoms with E-state index in [1.54, 1.807) is 6.20 Å². The summed E-state index contributed by atoms with van der Waals surface area (Å²) in [5.74, 6) is 0. The molecule has 0 saturated heterocycles. The molecule has 2 aromatic heterocycles. The highest BCUT2D eigenvalue weighted by atomic mass is 16.1. The van der Waals surface area contributed by atoms with Crippen LogP contribution in [0.4, 0.5) is 0 Å². The van der Waals surface area contributed by atoms with Crippen LogP contribution in [0.3, 0.4) is 0 Å². The summed E-state index contributed by atoms with van der Waals surface area (Å²) >= 11 is 0. The molecule has 0 aliphatic carbocycles. The number of fused-ring (bicyclic) bond motifs is 1. The van der Waals surface area contributed by atoms with Gasteiger partial charge < -0.3 is 4.98 Å². The van der Waals surface area contributed by atoms with Crippen LogP contribution in [-0.4, -0.2) is 9.97 Å². The third-order valence-electron chi connectivity index (χ3n) is 2.99. The van der Waals surface area contributed by atoms with Crippen molar-refractivity contribution in [2.24, 2.45) is 0 Å². The molecule has 0 amide bonds. The molecular weight excluding hydrogens is 224 g/mol. The first kappa shape index (κ1) is 10.7. The first-order valence-corrected chi connectivity index (χ1v) is 5.80. The van der Waals surface area contributed by atoms with Crippen molar-refractivity contribution in [3.63, 3.8) is 0 Å². The van der Waals surface area contributed by atoms with Gasteiger partial charge in [-0.3, -0.25) is 4.79 Å². The van der Waals surface area contributed by atoms with Crippen molar-refractivity contribution < 1.29 is 0 Å². The Hall–Kier alpha value is -2.42. The smallest absolute Gasteiger partial charge is 0.257 e. The van der Waals surface area contributed by atoms with Gasteiger partial charge in [-0.1, -0.05) is 30.3 Å². The van der Waals surface area contributed by atoms with E-state index in [0.717, 1.165) is 22.3 Å². The molecule has 3 rings (SSSR count). The predicted molar refractivity (Wildman–Crippen MR) is 72.5 cm³/mol. The molecule has 18 heavy (non-hydrogen) atoms. The van der Waals surface area contributed by atoms with Crippen LogP contribution in [0.1, 0.15) is 5.56 Å². The van der Waals surface area contributed by atoms with Gasteiger partial charge in [0.15, 0.2) is 0 Å². The zero-order valence-corrected chi connectivity index (χ0v) is 9.97. The fourth-order valence-electron chi connectivity index (χ4n) is 2.10. The second kappa shape index (κ2) is 4.11. The van der Waals surface area contributed by atoms with Gasteiger partial charge in [0.2, 0.25) is 0 Å². The SMILES string of the molecule is Cc1cc2c(=O)[nH]ccc2nc1-c1ccccc1. The number of aryl methyl sites for hydroxylation is 1. The monoisotopic (exact) mass is 236 g/mol. The summed E-state index contributed by atoms with van der Waals surface area (Å²) in [7, 11) is 0. The molecule has 0 spiro atoms. The first-order chi connectivity index (χ1) is 8.75. The van der Waals surface area contributed by atoms with Gasteiger partial charge in [0, 0.05) is 11.8 Å². The minimum atomic E-state index is -0.0947. The van der Waals surface area contributed by atoms with Crippen molar-refractivity contribution in [2.75, 3.05) is 0 Å². The van der Waals surface area contributed by atoms with Gasteiger partial charge >= 0.3 is 0 Å². The van der Waals surface area contributed by atoms with E-state index in [2.05, 4.69) is 9.97 Å². The van der Waals surface area contributed by atoms with Crippen LogP contribution in [0, 0.1) is 6.92 Å². The summed E-state index contributed by atoms with van der Waals surface area (Å²) in [5, 5.41) is 0.634. The molecule has 0 aliphatic heterocycles. The summed E-state index contributed by atoms with van der Waals surface area (Å²) in [5.41, 5.74) is 3.63.